The number of hydrogen-bond acceptors (Lipinski definition) is 38. The molecule has 12 aliphatic rings. The minimum Gasteiger partial charge on any atom is -0.473 e. The van der Waals surface area contributed by atoms with E-state index in [1.165, 1.54) is 51.4 Å². The maximum atomic E-state index is 14.4. The fourth-order valence-electron chi connectivity index (χ4n) is 22.4. The summed E-state index contributed by atoms with van der Waals surface area (Å²) in [7, 11) is 0. The lowest BCUT2D eigenvalue weighted by molar-refractivity contribution is -0.0532. The zero-order valence-corrected chi connectivity index (χ0v) is 82.3. The van der Waals surface area contributed by atoms with Crippen LogP contribution >= 0.6 is 0 Å². The number of nitrogen functional groups attached to an aromatic ring is 5. The Morgan fingerprint density at radius 2 is 0.692 bits per heavy atom. The molecule has 143 heavy (non-hydrogen) atoms. The van der Waals surface area contributed by atoms with Crippen LogP contribution in [0.25, 0.3) is 112 Å². The van der Waals surface area contributed by atoms with Crippen molar-refractivity contribution in [3.05, 3.63) is 103 Å². The molecular formula is C98H117F2N37O6. The first kappa shape index (κ1) is 92.8. The molecule has 9 aliphatic heterocycles. The van der Waals surface area contributed by atoms with Gasteiger partial charge in [0.15, 0.2) is 85.4 Å². The summed E-state index contributed by atoms with van der Waals surface area (Å²) in [5.41, 5.74) is 39.7. The van der Waals surface area contributed by atoms with E-state index in [-0.39, 0.29) is 60.3 Å². The van der Waals surface area contributed by atoms with Gasteiger partial charge in [-0.05, 0) is 179 Å². The molecule has 3 saturated carbocycles. The van der Waals surface area contributed by atoms with Crippen molar-refractivity contribution >= 4 is 103 Å². The molecule has 744 valence electrons. The van der Waals surface area contributed by atoms with Gasteiger partial charge in [0.25, 0.3) is 5.92 Å². The van der Waals surface area contributed by atoms with Crippen molar-refractivity contribution in [3.8, 4) is 62.7 Å². The van der Waals surface area contributed by atoms with Crippen LogP contribution in [0.1, 0.15) is 214 Å². The van der Waals surface area contributed by atoms with Crippen LogP contribution in [0.2, 0.25) is 0 Å². The lowest BCUT2D eigenvalue weighted by Crippen LogP contribution is -2.33. The molecule has 27 rings (SSSR count). The standard InChI is InChI=1S/C21H24F2N8O.C20H24N8O.C20H26N8O.C19H23N7O2.C18H20N6O/c1-20(2)18-27-14-16(30-9-11-3-4-21(22,23)13(11)10-30)28-15(12-7-25-19(24)26-8-12)29-17(14)31(18)5-6-32-20;1-20(2)18-24-14-16(27(18)7-8-29-20)25-15(11-9-22-19(21)23-10-11)26-17(14)28-12-3-4-13(28)6-5-12;1-11-5-6-12(2)28(11)17-14-16(27-7-8-29-20(3,4)18(27)24-14)25-15(26-17)13-9-22-19(21)23-10-13;1-19(2)17-23-13-15(26(17)7-8-27-19)24-14(11-9-21-18(20)22-10-11)25-16(13)28-12-5-3-4-6-12;1-18(2)16-23-15-13(24(16)5-6-25-18)7-12(22-14(15)10-3-4-10)11-8-20-17(19)21-9-11/h7-8,11,13H,3-6,9-10H2,1-2H3,(H2,24,25,26);9-10,12-13H,3-8H2,1-2H3,(H2,21,22,23);9-12H,5-8H2,1-4H3,(H2,21,22,23);9-10,12H,3-8H2,1-2H3,(H2,20,21,22);7-10H,3-6H2,1-2H3,(H2,19,20,21)/t11-,13+;;11-,12+;;/m1..../s1. The first-order valence-electron chi connectivity index (χ1n) is 49.6. The SMILES string of the molecule is CC1(C)OCCn2c1nc1c(C3CC3)nc(-c3cnc(N)nc3)cc12.CC1(C)OCCn2c1nc1c(N3C4CCC3CC4)nc(-c3cnc(N)nc3)nc12.CC1(C)OCCn2c1nc1c(N3C[C@H]4CCC(F)(F)[C@H]4C3)nc(-c3cnc(N)nc3)nc12.CC1(C)OCCn2c1nc1c(OC3CCCC3)nc(-c3cnc(N)nc3)nc12.C[C@@H]1CC[C@H](C)N1c1nc(-c2cnc(N)nc2)nc2c1nc1n2CCOC1(C)C. The van der Waals surface area contributed by atoms with E-state index in [0.29, 0.717) is 159 Å². The molecule has 43 nitrogen and oxygen atoms in total. The molecule has 45 heteroatoms. The van der Waals surface area contributed by atoms with Crippen molar-refractivity contribution in [2.75, 3.05) is 89.5 Å². The van der Waals surface area contributed by atoms with E-state index >= 15 is 0 Å². The Morgan fingerprint density at radius 3 is 1.09 bits per heavy atom. The van der Waals surface area contributed by atoms with Crippen molar-refractivity contribution < 1.29 is 37.2 Å². The number of hydrogen-bond donors (Lipinski definition) is 5. The second-order valence-electron chi connectivity index (χ2n) is 41.7. The zero-order chi connectivity index (χ0) is 98.8. The summed E-state index contributed by atoms with van der Waals surface area (Å²) in [6.45, 7) is 32.2. The van der Waals surface area contributed by atoms with Crippen LogP contribution < -0.4 is 48.1 Å². The monoisotopic (exact) mass is 1950 g/mol. The van der Waals surface area contributed by atoms with Crippen LogP contribution in [0, 0.1) is 11.8 Å². The van der Waals surface area contributed by atoms with Crippen LogP contribution in [0.5, 0.6) is 5.88 Å². The maximum absolute atomic E-state index is 14.4. The van der Waals surface area contributed by atoms with Gasteiger partial charge in [0.05, 0.1) is 72.2 Å². The van der Waals surface area contributed by atoms with Gasteiger partial charge in [0.1, 0.15) is 68.7 Å². The summed E-state index contributed by atoms with van der Waals surface area (Å²) in [5, 5.41) is 0. The van der Waals surface area contributed by atoms with Crippen molar-refractivity contribution in [2.24, 2.45) is 11.8 Å². The Hall–Kier alpha value is -13.9. The molecule has 7 fully saturated rings. The highest BCUT2D eigenvalue weighted by atomic mass is 19.3. The minimum absolute atomic E-state index is 0.0340. The van der Waals surface area contributed by atoms with E-state index in [0.717, 1.165) is 147 Å². The molecule has 24 heterocycles. The number of halogens is 2. The second-order valence-corrected chi connectivity index (χ2v) is 41.7. The van der Waals surface area contributed by atoms with Crippen molar-refractivity contribution in [1.82, 2.24) is 142 Å². The van der Waals surface area contributed by atoms with Gasteiger partial charge in [0.2, 0.25) is 35.6 Å². The summed E-state index contributed by atoms with van der Waals surface area (Å²) in [6, 6.07) is 3.95. The third-order valence-corrected chi connectivity index (χ3v) is 29.9. The smallest absolute Gasteiger partial charge is 0.252 e. The summed E-state index contributed by atoms with van der Waals surface area (Å²) in [4.78, 5) is 116. The third kappa shape index (κ3) is 17.0. The maximum Gasteiger partial charge on any atom is 0.252 e. The lowest BCUT2D eigenvalue weighted by Gasteiger charge is -2.30. The Morgan fingerprint density at radius 1 is 0.350 bits per heavy atom. The zero-order valence-electron chi connectivity index (χ0n) is 82.3. The van der Waals surface area contributed by atoms with Gasteiger partial charge in [-0.3, -0.25) is 4.98 Å². The predicted molar refractivity (Wildman–Crippen MR) is 528 cm³/mol. The van der Waals surface area contributed by atoms with E-state index in [1.54, 1.807) is 62.0 Å². The Bertz CT molecular complexity index is 7220. The van der Waals surface area contributed by atoms with Gasteiger partial charge < -0.3 is 94.6 Å². The van der Waals surface area contributed by atoms with Crippen LogP contribution in [-0.2, 0) is 84.4 Å². The molecule has 4 saturated heterocycles. The molecule has 4 atom stereocenters. The van der Waals surface area contributed by atoms with Crippen LogP contribution in [-0.4, -0.2) is 225 Å². The summed E-state index contributed by atoms with van der Waals surface area (Å²) in [6.07, 6.45) is 31.2. The molecule has 0 aromatic carbocycles. The number of ether oxygens (including phenoxy) is 6. The molecule has 15 aromatic heterocycles. The van der Waals surface area contributed by atoms with Crippen molar-refractivity contribution in [1.29, 1.82) is 0 Å². The quantitative estimate of drug-likeness (QED) is 0.0803. The lowest BCUT2D eigenvalue weighted by atomic mass is 9.99. The number of nitrogens with two attached hydrogens (primary N) is 5. The first-order valence-corrected chi connectivity index (χ1v) is 49.6. The predicted octanol–water partition coefficient (Wildman–Crippen LogP) is 12.4. The van der Waals surface area contributed by atoms with E-state index in [4.69, 9.17) is 122 Å². The van der Waals surface area contributed by atoms with E-state index < -0.39 is 34.2 Å². The van der Waals surface area contributed by atoms with Crippen LogP contribution in [0.4, 0.5) is 56.0 Å². The molecule has 0 radical (unpaired) electrons. The molecular weight excluding hydrogens is 1830 g/mol. The van der Waals surface area contributed by atoms with Crippen LogP contribution in [0.15, 0.2) is 68.0 Å². The van der Waals surface area contributed by atoms with Gasteiger partial charge in [-0.15, -0.1) is 0 Å². The molecule has 3 aliphatic carbocycles. The first-order chi connectivity index (χ1) is 68.6. The Kier molecular flexibility index (Phi) is 22.9. The van der Waals surface area contributed by atoms with Crippen LogP contribution in [0.3, 0.4) is 0 Å². The van der Waals surface area contributed by atoms with E-state index in [1.807, 2.05) is 51.0 Å². The summed E-state index contributed by atoms with van der Waals surface area (Å²) in [5.74, 6) is 7.67. The highest BCUT2D eigenvalue weighted by molar-refractivity contribution is 5.90. The van der Waals surface area contributed by atoms with Gasteiger partial charge in [-0.2, -0.15) is 4.98 Å². The second kappa shape index (κ2) is 35.3. The van der Waals surface area contributed by atoms with Gasteiger partial charge in [-0.1, -0.05) is 0 Å². The minimum atomic E-state index is -2.64. The van der Waals surface area contributed by atoms with Gasteiger partial charge >= 0.3 is 0 Å². The average molecular weight is 1950 g/mol. The molecule has 2 bridgehead atoms. The van der Waals surface area contributed by atoms with Crippen molar-refractivity contribution in [3.63, 3.8) is 0 Å². The van der Waals surface area contributed by atoms with Crippen molar-refractivity contribution in [2.45, 2.75) is 276 Å². The molecule has 0 unspecified atom stereocenters. The number of anilines is 8. The Balaban J connectivity index is 0.0000000993. The van der Waals surface area contributed by atoms with Gasteiger partial charge in [0, 0.05) is 156 Å². The molecule has 15 aromatic rings. The average Bonchev–Trinajstić information content (AvgIpc) is 1.59. The van der Waals surface area contributed by atoms with E-state index in [9.17, 15) is 8.78 Å². The summed E-state index contributed by atoms with van der Waals surface area (Å²) >= 11 is 0. The number of nitrogens with zero attached hydrogens (tertiary/aromatic N) is 32. The molecule has 10 N–H and O–H groups in total. The summed E-state index contributed by atoms with van der Waals surface area (Å²) < 4.78 is 75.7. The Labute approximate surface area is 821 Å². The fourth-order valence-corrected chi connectivity index (χ4v) is 22.4. The number of aromatic nitrogens is 29. The topological polar surface area (TPSA) is 529 Å². The fraction of sp³-hybridized carbons (Fsp3) is 0.531. The highest BCUT2D eigenvalue weighted by Crippen LogP contribution is 2.52. The third-order valence-electron chi connectivity index (χ3n) is 29.9. The molecule has 0 amide bonds. The largest absolute Gasteiger partial charge is 0.473 e. The number of imidazole rings is 5. The number of pyridine rings is 1. The number of rotatable bonds is 11. The molecule has 0 spiro atoms. The number of alkyl halides is 2. The number of fused-ring (bicyclic) bond motifs is 18. The van der Waals surface area contributed by atoms with Gasteiger partial charge in [-0.25, -0.2) is 118 Å². The normalized spacial score (nSPS) is 22.7. The van der Waals surface area contributed by atoms with E-state index in [2.05, 4.69) is 131 Å². The highest BCUT2D eigenvalue weighted by Gasteiger charge is 2.55.